The second-order valence-electron chi connectivity index (χ2n) is 4.99. The summed E-state index contributed by atoms with van der Waals surface area (Å²) < 4.78 is 10.6. The van der Waals surface area contributed by atoms with Gasteiger partial charge in [0, 0.05) is 10.6 Å². The molecule has 6 heteroatoms. The third-order valence-corrected chi connectivity index (χ3v) is 4.03. The highest BCUT2D eigenvalue weighted by Gasteiger charge is 2.14. The average molecular weight is 340 g/mol. The van der Waals surface area contributed by atoms with Gasteiger partial charge >= 0.3 is 0 Å². The lowest BCUT2D eigenvalue weighted by Gasteiger charge is -2.03. The molecule has 24 heavy (non-hydrogen) atoms. The van der Waals surface area contributed by atoms with Crippen LogP contribution in [0, 0.1) is 0 Å². The maximum absolute atomic E-state index is 12.2. The fourth-order valence-corrected chi connectivity index (χ4v) is 2.44. The quantitative estimate of drug-likeness (QED) is 0.680. The highest BCUT2D eigenvalue weighted by Crippen LogP contribution is 2.19. The Morgan fingerprint density at radius 1 is 1.17 bits per heavy atom. The number of amides is 1. The summed E-state index contributed by atoms with van der Waals surface area (Å²) in [7, 11) is 0. The zero-order valence-electron chi connectivity index (χ0n) is 13.1. The number of hydrogen-bond acceptors (Lipinski definition) is 5. The molecule has 0 aliphatic heterocycles. The molecular formula is C18H16N2O3S. The Balaban J connectivity index is 1.58. The lowest BCUT2D eigenvalue weighted by Crippen LogP contribution is -2.10. The van der Waals surface area contributed by atoms with Gasteiger partial charge < -0.3 is 14.6 Å². The summed E-state index contributed by atoms with van der Waals surface area (Å²) in [5.41, 5.74) is 1.71. The number of thioether (sulfide) groups is 1. The van der Waals surface area contributed by atoms with Gasteiger partial charge in [-0.15, -0.1) is 11.8 Å². The van der Waals surface area contributed by atoms with E-state index in [1.165, 1.54) is 6.07 Å². The van der Waals surface area contributed by atoms with E-state index in [0.29, 0.717) is 12.3 Å². The van der Waals surface area contributed by atoms with Crippen LogP contribution in [0.15, 0.2) is 70.1 Å². The Kier molecular flexibility index (Phi) is 5.18. The molecule has 1 amide bonds. The first-order valence-corrected chi connectivity index (χ1v) is 8.56. The van der Waals surface area contributed by atoms with Crippen LogP contribution < -0.4 is 10.1 Å². The van der Waals surface area contributed by atoms with Crippen molar-refractivity contribution in [3.63, 3.8) is 0 Å². The maximum atomic E-state index is 12.2. The monoisotopic (exact) mass is 340 g/mol. The summed E-state index contributed by atoms with van der Waals surface area (Å²) in [6.45, 7) is 0.366. The molecule has 0 spiro atoms. The van der Waals surface area contributed by atoms with E-state index in [1.807, 2.05) is 60.9 Å². The summed E-state index contributed by atoms with van der Waals surface area (Å²) in [6.07, 6.45) is 2.00. The van der Waals surface area contributed by atoms with Crippen molar-refractivity contribution >= 4 is 23.4 Å². The van der Waals surface area contributed by atoms with Crippen molar-refractivity contribution < 1.29 is 14.1 Å². The molecule has 122 valence electrons. The van der Waals surface area contributed by atoms with E-state index in [4.69, 9.17) is 9.26 Å². The largest absolute Gasteiger partial charge is 0.471 e. The van der Waals surface area contributed by atoms with E-state index in [9.17, 15) is 4.79 Å². The van der Waals surface area contributed by atoms with E-state index in [-0.39, 0.29) is 17.5 Å². The Hall–Kier alpha value is -2.73. The third-order valence-electron chi connectivity index (χ3n) is 3.29. The molecule has 2 aromatic carbocycles. The van der Waals surface area contributed by atoms with Gasteiger partial charge in [-0.2, -0.15) is 0 Å². The first-order chi connectivity index (χ1) is 11.7. The van der Waals surface area contributed by atoms with Gasteiger partial charge in [0.15, 0.2) is 0 Å². The molecule has 0 bridgehead atoms. The molecule has 0 atom stereocenters. The Morgan fingerprint density at radius 3 is 2.62 bits per heavy atom. The average Bonchev–Trinajstić information content (AvgIpc) is 3.11. The van der Waals surface area contributed by atoms with Crippen molar-refractivity contribution in [3.05, 3.63) is 72.0 Å². The van der Waals surface area contributed by atoms with Gasteiger partial charge in [-0.1, -0.05) is 30.3 Å². The highest BCUT2D eigenvalue weighted by molar-refractivity contribution is 7.98. The van der Waals surface area contributed by atoms with Gasteiger partial charge in [-0.3, -0.25) is 4.79 Å². The van der Waals surface area contributed by atoms with Crippen LogP contribution in [0.5, 0.6) is 5.88 Å². The van der Waals surface area contributed by atoms with Crippen molar-refractivity contribution in [1.29, 1.82) is 0 Å². The number of carbonyl (C=O) groups excluding carboxylic acids is 1. The van der Waals surface area contributed by atoms with E-state index in [0.717, 1.165) is 10.5 Å². The van der Waals surface area contributed by atoms with Crippen LogP contribution in [-0.4, -0.2) is 17.3 Å². The fraction of sp³-hybridized carbons (Fsp3) is 0.111. The van der Waals surface area contributed by atoms with E-state index in [2.05, 4.69) is 10.5 Å². The number of anilines is 1. The lowest BCUT2D eigenvalue weighted by atomic mass is 10.2. The molecule has 1 N–H and O–H groups in total. The first-order valence-electron chi connectivity index (χ1n) is 7.33. The summed E-state index contributed by atoms with van der Waals surface area (Å²) in [6, 6.07) is 18.7. The van der Waals surface area contributed by atoms with Gasteiger partial charge in [0.05, 0.1) is 6.07 Å². The van der Waals surface area contributed by atoms with Crippen molar-refractivity contribution in [2.75, 3.05) is 11.6 Å². The smallest absolute Gasteiger partial charge is 0.294 e. The minimum atomic E-state index is -0.367. The first kappa shape index (κ1) is 16.1. The van der Waals surface area contributed by atoms with Crippen LogP contribution in [0.2, 0.25) is 0 Å². The summed E-state index contributed by atoms with van der Waals surface area (Å²) in [4.78, 5) is 13.3. The summed E-state index contributed by atoms with van der Waals surface area (Å²) in [5, 5.41) is 6.52. The predicted molar refractivity (Wildman–Crippen MR) is 93.5 cm³/mol. The highest BCUT2D eigenvalue weighted by atomic mass is 32.2. The number of carbonyl (C=O) groups is 1. The molecular weight excluding hydrogens is 324 g/mol. The predicted octanol–water partition coefficient (Wildman–Crippen LogP) is 4.23. The van der Waals surface area contributed by atoms with Crippen LogP contribution in [-0.2, 0) is 6.61 Å². The molecule has 0 fully saturated rings. The number of aromatic nitrogens is 1. The zero-order valence-corrected chi connectivity index (χ0v) is 13.9. The van der Waals surface area contributed by atoms with Crippen LogP contribution in [0.4, 0.5) is 5.69 Å². The molecule has 0 saturated heterocycles. The number of hydrogen-bond donors (Lipinski definition) is 1. The van der Waals surface area contributed by atoms with Gasteiger partial charge in [0.25, 0.3) is 11.8 Å². The number of rotatable bonds is 6. The van der Waals surface area contributed by atoms with Crippen molar-refractivity contribution in [2.24, 2.45) is 0 Å². The second kappa shape index (κ2) is 7.70. The van der Waals surface area contributed by atoms with Gasteiger partial charge in [0.2, 0.25) is 5.76 Å². The van der Waals surface area contributed by atoms with Crippen LogP contribution in [0.1, 0.15) is 16.1 Å². The summed E-state index contributed by atoms with van der Waals surface area (Å²) >= 11 is 1.64. The SMILES string of the molecule is CSc1ccc(NC(=O)c2cc(OCc3ccccc3)no2)cc1. The minimum absolute atomic E-state index is 0.104. The Bertz CT molecular complexity index is 801. The fourth-order valence-electron chi connectivity index (χ4n) is 2.03. The molecule has 0 radical (unpaired) electrons. The standard InChI is InChI=1S/C18H16N2O3S/c1-24-15-9-7-14(8-10-15)19-18(21)16-11-17(20-23-16)22-12-13-5-3-2-4-6-13/h2-11H,12H2,1H3,(H,19,21). The van der Waals surface area contributed by atoms with Crippen molar-refractivity contribution in [1.82, 2.24) is 5.16 Å². The van der Waals surface area contributed by atoms with Gasteiger partial charge in [-0.25, -0.2) is 0 Å². The maximum Gasteiger partial charge on any atom is 0.294 e. The van der Waals surface area contributed by atoms with E-state index >= 15 is 0 Å². The molecule has 1 aromatic heterocycles. The number of benzene rings is 2. The van der Waals surface area contributed by atoms with Gasteiger partial charge in [-0.05, 0) is 41.2 Å². The van der Waals surface area contributed by atoms with Gasteiger partial charge in [0.1, 0.15) is 6.61 Å². The zero-order chi connectivity index (χ0) is 16.8. The molecule has 1 heterocycles. The topological polar surface area (TPSA) is 64.4 Å². The van der Waals surface area contributed by atoms with Crippen LogP contribution in [0.3, 0.4) is 0 Å². The molecule has 0 unspecified atom stereocenters. The lowest BCUT2D eigenvalue weighted by molar-refractivity contribution is 0.0987. The van der Waals surface area contributed by atoms with Crippen LogP contribution in [0.25, 0.3) is 0 Å². The van der Waals surface area contributed by atoms with E-state index < -0.39 is 0 Å². The molecule has 3 rings (SSSR count). The Morgan fingerprint density at radius 2 is 1.92 bits per heavy atom. The Labute approximate surface area is 144 Å². The molecule has 0 aliphatic rings. The summed E-state index contributed by atoms with van der Waals surface area (Å²) in [5.74, 6) is 0.0164. The number of nitrogens with zero attached hydrogens (tertiary/aromatic N) is 1. The van der Waals surface area contributed by atoms with E-state index in [1.54, 1.807) is 11.8 Å². The normalized spacial score (nSPS) is 10.4. The second-order valence-corrected chi connectivity index (χ2v) is 5.87. The van der Waals surface area contributed by atoms with Crippen LogP contribution >= 0.6 is 11.8 Å². The number of ether oxygens (including phenoxy) is 1. The molecule has 0 saturated carbocycles. The third kappa shape index (κ3) is 4.17. The minimum Gasteiger partial charge on any atom is -0.471 e. The number of nitrogens with one attached hydrogen (secondary N) is 1. The van der Waals surface area contributed by atoms with Crippen molar-refractivity contribution in [2.45, 2.75) is 11.5 Å². The molecule has 0 aliphatic carbocycles. The van der Waals surface area contributed by atoms with Crippen molar-refractivity contribution in [3.8, 4) is 5.88 Å². The molecule has 3 aromatic rings. The molecule has 5 nitrogen and oxygen atoms in total.